The molecule has 2 heterocycles. The molecule has 0 unspecified atom stereocenters. The van der Waals surface area contributed by atoms with Crippen LogP contribution >= 0.6 is 0 Å². The van der Waals surface area contributed by atoms with Gasteiger partial charge in [0.15, 0.2) is 0 Å². The van der Waals surface area contributed by atoms with Gasteiger partial charge in [-0.1, -0.05) is 6.07 Å². The van der Waals surface area contributed by atoms with Gasteiger partial charge in [-0.15, -0.1) is 0 Å². The number of esters is 1. The minimum absolute atomic E-state index is 0.0968. The molecule has 0 N–H and O–H groups in total. The lowest BCUT2D eigenvalue weighted by atomic mass is 10.1. The van der Waals surface area contributed by atoms with Gasteiger partial charge < -0.3 is 9.64 Å². The number of aryl methyl sites for hydroxylation is 3. The Bertz CT molecular complexity index is 1090. The molecule has 160 valence electrons. The molecule has 0 saturated carbocycles. The summed E-state index contributed by atoms with van der Waals surface area (Å²) in [6, 6.07) is 10.6. The standard InChI is InChI=1S/C24H24N2O5/c1-14-4-5-18(10-15(14)2)25-13-17(12-23(25)29)24(30)31-19-6-7-20(16(3)11-19)26-21(27)8-9-22(26)28/h4-7,10-11,17H,8-9,12-13H2,1-3H3/t17-/m0/s1. The van der Waals surface area contributed by atoms with Crippen LogP contribution in [-0.4, -0.2) is 30.2 Å². The Morgan fingerprint density at radius 2 is 1.58 bits per heavy atom. The van der Waals surface area contributed by atoms with Gasteiger partial charge >= 0.3 is 5.97 Å². The summed E-state index contributed by atoms with van der Waals surface area (Å²) in [5, 5.41) is 0. The number of hydrogen-bond donors (Lipinski definition) is 0. The SMILES string of the molecule is Cc1ccc(N2C[C@@H](C(=O)Oc3ccc(N4C(=O)CCC4=O)c(C)c3)CC2=O)cc1C. The van der Waals surface area contributed by atoms with E-state index in [0.717, 1.165) is 16.8 Å². The van der Waals surface area contributed by atoms with Gasteiger partial charge in [0.25, 0.3) is 0 Å². The van der Waals surface area contributed by atoms with Crippen molar-refractivity contribution in [2.24, 2.45) is 5.92 Å². The fraction of sp³-hybridized carbons (Fsp3) is 0.333. The molecule has 1 atom stereocenters. The van der Waals surface area contributed by atoms with Crippen molar-refractivity contribution in [2.45, 2.75) is 40.0 Å². The predicted molar refractivity (Wildman–Crippen MR) is 115 cm³/mol. The lowest BCUT2D eigenvalue weighted by Gasteiger charge is -2.18. The molecular weight excluding hydrogens is 396 g/mol. The first-order valence-corrected chi connectivity index (χ1v) is 10.3. The smallest absolute Gasteiger partial charge is 0.316 e. The van der Waals surface area contributed by atoms with E-state index in [9.17, 15) is 19.2 Å². The Balaban J connectivity index is 1.45. The maximum absolute atomic E-state index is 12.7. The van der Waals surface area contributed by atoms with Crippen molar-refractivity contribution in [1.82, 2.24) is 0 Å². The molecule has 0 aromatic heterocycles. The first-order valence-electron chi connectivity index (χ1n) is 10.3. The predicted octanol–water partition coefficient (Wildman–Crippen LogP) is 3.22. The van der Waals surface area contributed by atoms with Crippen LogP contribution in [0.2, 0.25) is 0 Å². The Labute approximate surface area is 180 Å². The molecule has 0 spiro atoms. The van der Waals surface area contributed by atoms with Crippen LogP contribution in [0.5, 0.6) is 5.75 Å². The third kappa shape index (κ3) is 3.95. The number of carbonyl (C=O) groups excluding carboxylic acids is 4. The molecule has 31 heavy (non-hydrogen) atoms. The fourth-order valence-corrected chi connectivity index (χ4v) is 4.00. The summed E-state index contributed by atoms with van der Waals surface area (Å²) in [5.74, 6) is -1.27. The van der Waals surface area contributed by atoms with Crippen molar-refractivity contribution in [3.8, 4) is 5.75 Å². The van der Waals surface area contributed by atoms with Crippen LogP contribution in [0.4, 0.5) is 11.4 Å². The number of carbonyl (C=O) groups is 4. The highest BCUT2D eigenvalue weighted by Gasteiger charge is 2.37. The molecule has 2 aromatic carbocycles. The van der Waals surface area contributed by atoms with Crippen molar-refractivity contribution >= 4 is 35.1 Å². The molecular formula is C24H24N2O5. The van der Waals surface area contributed by atoms with Crippen molar-refractivity contribution in [2.75, 3.05) is 16.3 Å². The van der Waals surface area contributed by atoms with Crippen LogP contribution < -0.4 is 14.5 Å². The number of benzene rings is 2. The topological polar surface area (TPSA) is 84.0 Å². The van der Waals surface area contributed by atoms with Crippen LogP contribution in [-0.2, 0) is 19.2 Å². The van der Waals surface area contributed by atoms with Gasteiger partial charge in [0.2, 0.25) is 17.7 Å². The van der Waals surface area contributed by atoms with Crippen molar-refractivity contribution < 1.29 is 23.9 Å². The molecule has 4 rings (SSSR count). The Morgan fingerprint density at radius 1 is 0.871 bits per heavy atom. The normalized spacial score (nSPS) is 18.8. The summed E-state index contributed by atoms with van der Waals surface area (Å²) in [4.78, 5) is 51.9. The lowest BCUT2D eigenvalue weighted by molar-refractivity contribution is -0.139. The van der Waals surface area contributed by atoms with E-state index in [1.54, 1.807) is 30.0 Å². The highest BCUT2D eigenvalue weighted by molar-refractivity contribution is 6.20. The van der Waals surface area contributed by atoms with Crippen LogP contribution in [0.25, 0.3) is 0 Å². The van der Waals surface area contributed by atoms with Crippen molar-refractivity contribution in [3.05, 3.63) is 53.1 Å². The molecule has 2 saturated heterocycles. The van der Waals surface area contributed by atoms with Gasteiger partial charge in [0.05, 0.1) is 11.6 Å². The van der Waals surface area contributed by atoms with Gasteiger partial charge in [0, 0.05) is 31.5 Å². The second-order valence-electron chi connectivity index (χ2n) is 8.17. The van der Waals surface area contributed by atoms with E-state index >= 15 is 0 Å². The molecule has 2 aliphatic rings. The minimum atomic E-state index is -0.559. The first-order chi connectivity index (χ1) is 14.7. The molecule has 0 aliphatic carbocycles. The van der Waals surface area contributed by atoms with Crippen molar-refractivity contribution in [1.29, 1.82) is 0 Å². The Kier molecular flexibility index (Phi) is 5.35. The number of rotatable bonds is 4. The molecule has 3 amide bonds. The van der Waals surface area contributed by atoms with Gasteiger partial charge in [-0.2, -0.15) is 0 Å². The zero-order valence-corrected chi connectivity index (χ0v) is 17.8. The highest BCUT2D eigenvalue weighted by atomic mass is 16.5. The van der Waals surface area contributed by atoms with Gasteiger partial charge in [-0.3, -0.25) is 24.1 Å². The second kappa shape index (κ2) is 7.98. The van der Waals surface area contributed by atoms with Crippen LogP contribution in [0, 0.1) is 26.7 Å². The number of ether oxygens (including phenoxy) is 1. The van der Waals surface area contributed by atoms with Crippen molar-refractivity contribution in [3.63, 3.8) is 0 Å². The summed E-state index contributed by atoms with van der Waals surface area (Å²) in [6.45, 7) is 6.02. The molecule has 2 aliphatic heterocycles. The molecule has 2 fully saturated rings. The second-order valence-corrected chi connectivity index (χ2v) is 8.17. The number of anilines is 2. The Hall–Kier alpha value is -3.48. The van der Waals surface area contributed by atoms with Gasteiger partial charge in [-0.05, 0) is 67.8 Å². The van der Waals surface area contributed by atoms with Crippen LogP contribution in [0.15, 0.2) is 36.4 Å². The number of nitrogens with zero attached hydrogens (tertiary/aromatic N) is 2. The maximum Gasteiger partial charge on any atom is 0.316 e. The van der Waals surface area contributed by atoms with E-state index in [1.165, 1.54) is 4.90 Å². The average Bonchev–Trinajstić information content (AvgIpc) is 3.27. The molecule has 0 radical (unpaired) electrons. The summed E-state index contributed by atoms with van der Waals surface area (Å²) in [7, 11) is 0. The molecule has 0 bridgehead atoms. The average molecular weight is 420 g/mol. The van der Waals surface area contributed by atoms with E-state index in [4.69, 9.17) is 4.74 Å². The number of imide groups is 1. The lowest BCUT2D eigenvalue weighted by Crippen LogP contribution is -2.29. The van der Waals surface area contributed by atoms with E-state index in [1.807, 2.05) is 32.0 Å². The third-order valence-electron chi connectivity index (χ3n) is 5.94. The third-order valence-corrected chi connectivity index (χ3v) is 5.94. The minimum Gasteiger partial charge on any atom is -0.426 e. The quantitative estimate of drug-likeness (QED) is 0.431. The summed E-state index contributed by atoms with van der Waals surface area (Å²) in [6.07, 6.45) is 0.517. The fourth-order valence-electron chi connectivity index (χ4n) is 4.00. The van der Waals surface area contributed by atoms with E-state index < -0.39 is 11.9 Å². The summed E-state index contributed by atoms with van der Waals surface area (Å²) in [5.41, 5.74) is 4.17. The largest absolute Gasteiger partial charge is 0.426 e. The van der Waals surface area contributed by atoms with Crippen LogP contribution in [0.1, 0.15) is 36.0 Å². The summed E-state index contributed by atoms with van der Waals surface area (Å²) >= 11 is 0. The molecule has 7 nitrogen and oxygen atoms in total. The zero-order chi connectivity index (χ0) is 22.3. The van der Waals surface area contributed by atoms with Gasteiger partial charge in [-0.25, -0.2) is 0 Å². The van der Waals surface area contributed by atoms with E-state index in [0.29, 0.717) is 17.0 Å². The first kappa shape index (κ1) is 20.8. The summed E-state index contributed by atoms with van der Waals surface area (Å²) < 4.78 is 5.52. The maximum atomic E-state index is 12.7. The highest BCUT2D eigenvalue weighted by Crippen LogP contribution is 2.31. The number of amides is 3. The Morgan fingerprint density at radius 3 is 2.23 bits per heavy atom. The van der Waals surface area contributed by atoms with E-state index in [2.05, 4.69) is 0 Å². The molecule has 7 heteroatoms. The zero-order valence-electron chi connectivity index (χ0n) is 17.8. The monoisotopic (exact) mass is 420 g/mol. The van der Waals surface area contributed by atoms with E-state index in [-0.39, 0.29) is 43.5 Å². The number of hydrogen-bond acceptors (Lipinski definition) is 5. The van der Waals surface area contributed by atoms with Gasteiger partial charge in [0.1, 0.15) is 5.75 Å². The van der Waals surface area contributed by atoms with Crippen LogP contribution in [0.3, 0.4) is 0 Å². The molecule has 2 aromatic rings.